The molecule has 0 fully saturated rings. The molecule has 3 rings (SSSR count). The number of carbonyl (C=O) groups is 1. The molecule has 5 nitrogen and oxygen atoms in total. The lowest BCUT2D eigenvalue weighted by molar-refractivity contribution is -0.118. The molecular weight excluding hydrogens is 361 g/mol. The maximum Gasteiger partial charge on any atom is 0.263 e. The zero-order chi connectivity index (χ0) is 17.6. The fraction of sp³-hybridized carbons (Fsp3) is 0.111. The normalized spacial score (nSPS) is 10.5. The summed E-state index contributed by atoms with van der Waals surface area (Å²) in [6.45, 7) is 0.441. The average molecular weight is 376 g/mol. The highest BCUT2D eigenvalue weighted by atomic mass is 35.5. The molecule has 2 aromatic carbocycles. The Morgan fingerprint density at radius 1 is 1.12 bits per heavy atom. The molecule has 0 spiro atoms. The van der Waals surface area contributed by atoms with Crippen LogP contribution in [0.4, 0.5) is 5.82 Å². The molecule has 0 radical (unpaired) electrons. The van der Waals surface area contributed by atoms with Crippen LogP contribution in [-0.2, 0) is 11.3 Å². The van der Waals surface area contributed by atoms with Gasteiger partial charge < -0.3 is 10.1 Å². The van der Waals surface area contributed by atoms with Crippen molar-refractivity contribution in [1.29, 1.82) is 0 Å². The summed E-state index contributed by atoms with van der Waals surface area (Å²) >= 11 is 11.9. The van der Waals surface area contributed by atoms with E-state index in [1.165, 1.54) is 0 Å². The molecule has 0 unspecified atom stereocenters. The smallest absolute Gasteiger partial charge is 0.263 e. The van der Waals surface area contributed by atoms with Gasteiger partial charge in [0.2, 0.25) is 0 Å². The lowest BCUT2D eigenvalue weighted by atomic mass is 10.2. The molecule has 7 heteroatoms. The third kappa shape index (κ3) is 4.98. The van der Waals surface area contributed by atoms with E-state index in [4.69, 9.17) is 27.9 Å². The molecule has 0 aliphatic rings. The number of hydrogen-bond donors (Lipinski definition) is 1. The van der Waals surface area contributed by atoms with Gasteiger partial charge in [-0.2, -0.15) is 5.10 Å². The molecule has 128 valence electrons. The molecule has 0 bridgehead atoms. The highest BCUT2D eigenvalue weighted by molar-refractivity contribution is 6.34. The molecule has 1 heterocycles. The van der Waals surface area contributed by atoms with Crippen LogP contribution in [0.25, 0.3) is 0 Å². The Bertz CT molecular complexity index is 866. The Balaban J connectivity index is 1.54. The third-order valence-electron chi connectivity index (χ3n) is 3.35. The van der Waals surface area contributed by atoms with Gasteiger partial charge in [0.15, 0.2) is 12.4 Å². The SMILES string of the molecule is O=C(COc1cc(Cl)ccc1Cl)Nc1ccn(Cc2ccccc2)n1. The number of halogens is 2. The second kappa shape index (κ2) is 8.05. The second-order valence-electron chi connectivity index (χ2n) is 5.30. The van der Waals surface area contributed by atoms with Crippen molar-refractivity contribution in [2.24, 2.45) is 0 Å². The molecule has 0 atom stereocenters. The van der Waals surface area contributed by atoms with Crippen LogP contribution in [0, 0.1) is 0 Å². The maximum absolute atomic E-state index is 12.0. The highest BCUT2D eigenvalue weighted by Crippen LogP contribution is 2.27. The number of rotatable bonds is 6. The number of ether oxygens (including phenoxy) is 1. The van der Waals surface area contributed by atoms with Crippen molar-refractivity contribution in [3.05, 3.63) is 76.4 Å². The monoisotopic (exact) mass is 375 g/mol. The molecule has 0 saturated heterocycles. The molecule has 0 aliphatic heterocycles. The molecule has 3 aromatic rings. The van der Waals surface area contributed by atoms with E-state index >= 15 is 0 Å². The van der Waals surface area contributed by atoms with Crippen molar-refractivity contribution < 1.29 is 9.53 Å². The van der Waals surface area contributed by atoms with E-state index in [1.807, 2.05) is 30.3 Å². The number of anilines is 1. The minimum absolute atomic E-state index is 0.189. The first-order valence-electron chi connectivity index (χ1n) is 7.55. The van der Waals surface area contributed by atoms with Crippen LogP contribution in [0.15, 0.2) is 60.8 Å². The molecule has 1 aromatic heterocycles. The van der Waals surface area contributed by atoms with E-state index in [9.17, 15) is 4.79 Å². The largest absolute Gasteiger partial charge is 0.482 e. The van der Waals surface area contributed by atoms with Crippen molar-refractivity contribution in [2.75, 3.05) is 11.9 Å². The first-order chi connectivity index (χ1) is 12.1. The van der Waals surface area contributed by atoms with Crippen molar-refractivity contribution in [3.63, 3.8) is 0 Å². The lowest BCUT2D eigenvalue weighted by Gasteiger charge is -2.08. The summed E-state index contributed by atoms with van der Waals surface area (Å²) in [5.74, 6) is 0.488. The van der Waals surface area contributed by atoms with Crippen LogP contribution in [0.2, 0.25) is 10.0 Å². The summed E-state index contributed by atoms with van der Waals surface area (Å²) in [5.41, 5.74) is 1.13. The van der Waals surface area contributed by atoms with E-state index in [-0.39, 0.29) is 12.5 Å². The van der Waals surface area contributed by atoms with Gasteiger partial charge in [-0.1, -0.05) is 53.5 Å². The van der Waals surface area contributed by atoms with Gasteiger partial charge in [0.05, 0.1) is 11.6 Å². The minimum Gasteiger partial charge on any atom is -0.482 e. The first-order valence-corrected chi connectivity index (χ1v) is 8.31. The number of hydrogen-bond acceptors (Lipinski definition) is 3. The fourth-order valence-corrected chi connectivity index (χ4v) is 2.53. The average Bonchev–Trinajstić information content (AvgIpc) is 3.03. The Morgan fingerprint density at radius 3 is 2.72 bits per heavy atom. The van der Waals surface area contributed by atoms with Gasteiger partial charge in [-0.15, -0.1) is 0 Å². The summed E-state index contributed by atoms with van der Waals surface area (Å²) < 4.78 is 7.14. The van der Waals surface area contributed by atoms with Crippen LogP contribution in [0.5, 0.6) is 5.75 Å². The number of carbonyl (C=O) groups excluding carboxylic acids is 1. The zero-order valence-corrected chi connectivity index (χ0v) is 14.7. The number of aromatic nitrogens is 2. The zero-order valence-electron chi connectivity index (χ0n) is 13.2. The van der Waals surface area contributed by atoms with Crippen molar-refractivity contribution >= 4 is 34.9 Å². The van der Waals surface area contributed by atoms with Gasteiger partial charge in [-0.05, 0) is 17.7 Å². The summed E-state index contributed by atoms with van der Waals surface area (Å²) in [6, 6.07) is 16.5. The quantitative estimate of drug-likeness (QED) is 0.700. The summed E-state index contributed by atoms with van der Waals surface area (Å²) in [4.78, 5) is 12.0. The van der Waals surface area contributed by atoms with Crippen molar-refractivity contribution in [2.45, 2.75) is 6.54 Å². The third-order valence-corrected chi connectivity index (χ3v) is 3.89. The highest BCUT2D eigenvalue weighted by Gasteiger charge is 2.09. The van der Waals surface area contributed by atoms with Crippen LogP contribution in [0.3, 0.4) is 0 Å². The van der Waals surface area contributed by atoms with Gasteiger partial charge in [0.25, 0.3) is 5.91 Å². The predicted molar refractivity (Wildman–Crippen MR) is 98.4 cm³/mol. The molecule has 1 N–H and O–H groups in total. The Kier molecular flexibility index (Phi) is 5.58. The summed E-state index contributed by atoms with van der Waals surface area (Å²) in [5, 5.41) is 7.87. The Labute approximate surface area is 155 Å². The topological polar surface area (TPSA) is 56.1 Å². The second-order valence-corrected chi connectivity index (χ2v) is 6.14. The van der Waals surface area contributed by atoms with Gasteiger partial charge in [-0.25, -0.2) is 0 Å². The molecule has 0 saturated carbocycles. The fourth-order valence-electron chi connectivity index (χ4n) is 2.20. The summed E-state index contributed by atoms with van der Waals surface area (Å²) in [7, 11) is 0. The standard InChI is InChI=1S/C18H15Cl2N3O2/c19-14-6-7-15(20)16(10-14)25-12-18(24)21-17-8-9-23(22-17)11-13-4-2-1-3-5-13/h1-10H,11-12H2,(H,21,22,24). The number of amides is 1. The Hall–Kier alpha value is -2.50. The van der Waals surface area contributed by atoms with Gasteiger partial charge in [0, 0.05) is 23.4 Å². The Morgan fingerprint density at radius 2 is 1.92 bits per heavy atom. The van der Waals surface area contributed by atoms with E-state index in [1.54, 1.807) is 35.1 Å². The summed E-state index contributed by atoms with van der Waals surface area (Å²) in [6.07, 6.45) is 1.80. The first kappa shape index (κ1) is 17.3. The van der Waals surface area contributed by atoms with E-state index in [2.05, 4.69) is 10.4 Å². The predicted octanol–water partition coefficient (Wildman–Crippen LogP) is 4.26. The van der Waals surface area contributed by atoms with E-state index in [0.29, 0.717) is 28.2 Å². The van der Waals surface area contributed by atoms with E-state index < -0.39 is 0 Å². The molecule has 25 heavy (non-hydrogen) atoms. The van der Waals surface area contributed by atoms with E-state index in [0.717, 1.165) is 5.56 Å². The van der Waals surface area contributed by atoms with Crippen molar-refractivity contribution in [3.8, 4) is 5.75 Å². The van der Waals surface area contributed by atoms with Crippen molar-refractivity contribution in [1.82, 2.24) is 9.78 Å². The van der Waals surface area contributed by atoms with Crippen LogP contribution >= 0.6 is 23.2 Å². The molecule has 1 amide bonds. The van der Waals surface area contributed by atoms with Crippen LogP contribution in [-0.4, -0.2) is 22.3 Å². The maximum atomic E-state index is 12.0. The number of nitrogens with zero attached hydrogens (tertiary/aromatic N) is 2. The molecular formula is C18H15Cl2N3O2. The van der Waals surface area contributed by atoms with Crippen LogP contribution < -0.4 is 10.1 Å². The van der Waals surface area contributed by atoms with Gasteiger partial charge in [0.1, 0.15) is 5.75 Å². The van der Waals surface area contributed by atoms with Gasteiger partial charge in [-0.3, -0.25) is 9.48 Å². The minimum atomic E-state index is -0.332. The number of nitrogens with one attached hydrogen (secondary N) is 1. The van der Waals surface area contributed by atoms with Gasteiger partial charge >= 0.3 is 0 Å². The van der Waals surface area contributed by atoms with Crippen LogP contribution in [0.1, 0.15) is 5.56 Å². The lowest BCUT2D eigenvalue weighted by Crippen LogP contribution is -2.20. The molecule has 0 aliphatic carbocycles. The number of benzene rings is 2.